The number of carbonyl (C=O) groups excluding carboxylic acids is 4. The van der Waals surface area contributed by atoms with E-state index >= 15 is 0 Å². The molecule has 5 amide bonds. The van der Waals surface area contributed by atoms with Crippen LogP contribution in [0.5, 0.6) is 0 Å². The number of carbonyl (C=O) groups is 4. The lowest BCUT2D eigenvalue weighted by Crippen LogP contribution is -2.46. The maximum Gasteiger partial charge on any atom is 0.325 e. The Morgan fingerprint density at radius 1 is 1.16 bits per heavy atom. The highest BCUT2D eigenvalue weighted by atomic mass is 16.2. The van der Waals surface area contributed by atoms with Crippen molar-refractivity contribution in [3.8, 4) is 0 Å². The van der Waals surface area contributed by atoms with E-state index in [1.54, 1.807) is 31.2 Å². The maximum absolute atomic E-state index is 12.5. The van der Waals surface area contributed by atoms with E-state index in [4.69, 9.17) is 0 Å². The topological polar surface area (TPSA) is 108 Å². The van der Waals surface area contributed by atoms with Crippen LogP contribution in [0.1, 0.15) is 26.7 Å². The molecule has 25 heavy (non-hydrogen) atoms. The van der Waals surface area contributed by atoms with Crippen LogP contribution >= 0.6 is 0 Å². The molecule has 0 radical (unpaired) electrons. The first-order valence-electron chi connectivity index (χ1n) is 8.11. The molecule has 1 aliphatic heterocycles. The monoisotopic (exact) mass is 344 g/mol. The third-order valence-electron chi connectivity index (χ3n) is 4.49. The van der Waals surface area contributed by atoms with Gasteiger partial charge in [-0.2, -0.15) is 0 Å². The number of amides is 5. The Labute approximate surface area is 144 Å². The van der Waals surface area contributed by atoms with Crippen molar-refractivity contribution in [3.63, 3.8) is 0 Å². The van der Waals surface area contributed by atoms with Crippen LogP contribution in [0, 0.1) is 5.92 Å². The Morgan fingerprint density at radius 2 is 1.72 bits per heavy atom. The molecule has 0 spiro atoms. The zero-order chi connectivity index (χ0) is 18.2. The lowest BCUT2D eigenvalue weighted by molar-refractivity contribution is -0.134. The van der Waals surface area contributed by atoms with E-state index < -0.39 is 17.5 Å². The zero-order valence-corrected chi connectivity index (χ0v) is 14.1. The van der Waals surface area contributed by atoms with Crippen molar-refractivity contribution in [1.82, 2.24) is 10.2 Å². The van der Waals surface area contributed by atoms with E-state index in [1.165, 1.54) is 6.92 Å². The minimum Gasteiger partial charge on any atom is -0.326 e. The molecule has 8 heteroatoms. The lowest BCUT2D eigenvalue weighted by atomic mass is 9.96. The summed E-state index contributed by atoms with van der Waals surface area (Å²) in [4.78, 5) is 48.6. The van der Waals surface area contributed by atoms with Crippen molar-refractivity contribution in [2.75, 3.05) is 17.2 Å². The molecule has 1 atom stereocenters. The fraction of sp³-hybridized carbons (Fsp3) is 0.412. The van der Waals surface area contributed by atoms with Crippen LogP contribution in [-0.4, -0.2) is 40.7 Å². The Bertz CT molecular complexity index is 742. The number of anilines is 2. The van der Waals surface area contributed by atoms with E-state index in [9.17, 15) is 19.2 Å². The molecule has 132 valence electrons. The van der Waals surface area contributed by atoms with Crippen LogP contribution in [0.4, 0.5) is 16.2 Å². The normalized spacial score (nSPS) is 22.6. The fourth-order valence-corrected chi connectivity index (χ4v) is 2.98. The summed E-state index contributed by atoms with van der Waals surface area (Å²) in [6, 6.07) is 6.02. The standard InChI is InChI=1S/C17H20N4O4/c1-10(22)18-12-5-7-13(8-6-12)19-14(23)9-21-15(24)17(2,11-3-4-11)20-16(21)25/h5-8,11H,3-4,9H2,1-2H3,(H,18,22)(H,19,23)(H,20,25)/t17-/m1/s1. The molecule has 1 saturated heterocycles. The quantitative estimate of drug-likeness (QED) is 0.700. The van der Waals surface area contributed by atoms with E-state index in [-0.39, 0.29) is 24.3 Å². The van der Waals surface area contributed by atoms with Crippen LogP contribution in [0.2, 0.25) is 0 Å². The maximum atomic E-state index is 12.5. The van der Waals surface area contributed by atoms with Gasteiger partial charge in [0, 0.05) is 18.3 Å². The van der Waals surface area contributed by atoms with Crippen molar-refractivity contribution in [3.05, 3.63) is 24.3 Å². The number of imide groups is 1. The largest absolute Gasteiger partial charge is 0.326 e. The number of hydrogen-bond acceptors (Lipinski definition) is 4. The molecule has 2 aliphatic rings. The summed E-state index contributed by atoms with van der Waals surface area (Å²) in [6.07, 6.45) is 1.81. The van der Waals surface area contributed by atoms with Gasteiger partial charge in [0.05, 0.1) is 0 Å². The average molecular weight is 344 g/mol. The van der Waals surface area contributed by atoms with Crippen molar-refractivity contribution in [2.24, 2.45) is 5.92 Å². The minimum atomic E-state index is -0.891. The van der Waals surface area contributed by atoms with Crippen molar-refractivity contribution in [2.45, 2.75) is 32.2 Å². The highest BCUT2D eigenvalue weighted by Crippen LogP contribution is 2.42. The van der Waals surface area contributed by atoms with E-state index in [2.05, 4.69) is 16.0 Å². The summed E-state index contributed by atoms with van der Waals surface area (Å²) in [6.45, 7) is 2.78. The smallest absolute Gasteiger partial charge is 0.325 e. The van der Waals surface area contributed by atoms with Gasteiger partial charge >= 0.3 is 6.03 Å². The fourth-order valence-electron chi connectivity index (χ4n) is 2.98. The second-order valence-corrected chi connectivity index (χ2v) is 6.60. The molecule has 3 rings (SSSR count). The summed E-state index contributed by atoms with van der Waals surface area (Å²) in [5.74, 6) is -0.848. The third kappa shape index (κ3) is 3.47. The molecule has 0 bridgehead atoms. The highest BCUT2D eigenvalue weighted by molar-refractivity contribution is 6.10. The van der Waals surface area contributed by atoms with E-state index in [0.717, 1.165) is 17.7 Å². The Morgan fingerprint density at radius 3 is 2.24 bits per heavy atom. The first-order valence-corrected chi connectivity index (χ1v) is 8.11. The van der Waals surface area contributed by atoms with Gasteiger partial charge in [-0.15, -0.1) is 0 Å². The summed E-state index contributed by atoms with van der Waals surface area (Å²) in [5, 5.41) is 7.96. The minimum absolute atomic E-state index is 0.151. The Kier molecular flexibility index (Phi) is 4.20. The Balaban J connectivity index is 1.60. The van der Waals surface area contributed by atoms with Crippen molar-refractivity contribution >= 4 is 35.1 Å². The number of urea groups is 1. The van der Waals surface area contributed by atoms with Crippen LogP contribution in [0.15, 0.2) is 24.3 Å². The van der Waals surface area contributed by atoms with E-state index in [0.29, 0.717) is 11.4 Å². The summed E-state index contributed by atoms with van der Waals surface area (Å²) < 4.78 is 0. The van der Waals surface area contributed by atoms with Crippen LogP contribution in [-0.2, 0) is 14.4 Å². The molecule has 8 nitrogen and oxygen atoms in total. The molecule has 0 unspecified atom stereocenters. The third-order valence-corrected chi connectivity index (χ3v) is 4.49. The molecule has 2 fully saturated rings. The summed E-state index contributed by atoms with van der Waals surface area (Å²) in [7, 11) is 0. The van der Waals surface area contributed by atoms with Gasteiger partial charge in [-0.3, -0.25) is 19.3 Å². The average Bonchev–Trinajstić information content (AvgIpc) is 3.35. The second kappa shape index (κ2) is 6.19. The summed E-state index contributed by atoms with van der Waals surface area (Å²) >= 11 is 0. The van der Waals surface area contributed by atoms with Gasteiger partial charge in [-0.05, 0) is 49.9 Å². The number of hydrogen-bond donors (Lipinski definition) is 3. The molecule has 1 aromatic rings. The first kappa shape index (κ1) is 16.9. The summed E-state index contributed by atoms with van der Waals surface area (Å²) in [5.41, 5.74) is 0.230. The van der Waals surface area contributed by atoms with Gasteiger partial charge in [0.2, 0.25) is 11.8 Å². The van der Waals surface area contributed by atoms with Crippen LogP contribution in [0.3, 0.4) is 0 Å². The van der Waals surface area contributed by atoms with Gasteiger partial charge < -0.3 is 16.0 Å². The van der Waals surface area contributed by atoms with E-state index in [1.807, 2.05) is 0 Å². The lowest BCUT2D eigenvalue weighted by Gasteiger charge is -2.20. The second-order valence-electron chi connectivity index (χ2n) is 6.60. The molecular weight excluding hydrogens is 324 g/mol. The molecular formula is C17H20N4O4. The number of rotatable bonds is 5. The molecule has 1 saturated carbocycles. The van der Waals surface area contributed by atoms with Gasteiger partial charge in [-0.1, -0.05) is 0 Å². The number of benzene rings is 1. The number of nitrogens with zero attached hydrogens (tertiary/aromatic N) is 1. The predicted molar refractivity (Wildman–Crippen MR) is 90.7 cm³/mol. The molecule has 3 N–H and O–H groups in total. The van der Waals surface area contributed by atoms with Gasteiger partial charge in [-0.25, -0.2) is 4.79 Å². The van der Waals surface area contributed by atoms with Gasteiger partial charge in [0.1, 0.15) is 12.1 Å². The van der Waals surface area contributed by atoms with Gasteiger partial charge in [0.15, 0.2) is 0 Å². The predicted octanol–water partition coefficient (Wildman–Crippen LogP) is 1.30. The van der Waals surface area contributed by atoms with Crippen LogP contribution in [0.25, 0.3) is 0 Å². The Hall–Kier alpha value is -2.90. The van der Waals surface area contributed by atoms with Crippen LogP contribution < -0.4 is 16.0 Å². The van der Waals surface area contributed by atoms with Gasteiger partial charge in [0.25, 0.3) is 5.91 Å². The highest BCUT2D eigenvalue weighted by Gasteiger charge is 2.56. The zero-order valence-electron chi connectivity index (χ0n) is 14.1. The molecule has 1 aromatic carbocycles. The molecule has 1 aliphatic carbocycles. The van der Waals surface area contributed by atoms with Crippen molar-refractivity contribution in [1.29, 1.82) is 0 Å². The first-order chi connectivity index (χ1) is 11.8. The molecule has 0 aromatic heterocycles. The molecule has 1 heterocycles. The van der Waals surface area contributed by atoms with Crippen molar-refractivity contribution < 1.29 is 19.2 Å². The SMILES string of the molecule is CC(=O)Nc1ccc(NC(=O)CN2C(=O)N[C@](C)(C3CC3)C2=O)cc1. The number of nitrogens with one attached hydrogen (secondary N) is 3.